The molecule has 9 nitrogen and oxygen atoms in total. The summed E-state index contributed by atoms with van der Waals surface area (Å²) >= 11 is 0. The summed E-state index contributed by atoms with van der Waals surface area (Å²) in [6.45, 7) is 1.79. The van der Waals surface area contributed by atoms with Crippen LogP contribution in [0.1, 0.15) is 16.3 Å². The summed E-state index contributed by atoms with van der Waals surface area (Å²) in [7, 11) is 0. The van der Waals surface area contributed by atoms with Crippen LogP contribution in [0.15, 0.2) is 30.5 Å². The number of tetrazole rings is 1. The SMILES string of the molecule is Cc1nnnn1-c1cccc(NC(=O)c2cn[nH]n2)c1. The molecule has 0 spiro atoms. The molecule has 2 aromatic heterocycles. The highest BCUT2D eigenvalue weighted by molar-refractivity contribution is 6.02. The van der Waals surface area contributed by atoms with Crippen LogP contribution in [0, 0.1) is 6.92 Å². The molecule has 0 aliphatic rings. The Morgan fingerprint density at radius 3 is 3.00 bits per heavy atom. The van der Waals surface area contributed by atoms with Crippen molar-refractivity contribution in [3.63, 3.8) is 0 Å². The van der Waals surface area contributed by atoms with Gasteiger partial charge in [-0.15, -0.1) is 5.10 Å². The van der Waals surface area contributed by atoms with E-state index in [9.17, 15) is 4.79 Å². The van der Waals surface area contributed by atoms with Crippen molar-refractivity contribution < 1.29 is 4.79 Å². The lowest BCUT2D eigenvalue weighted by atomic mass is 10.2. The molecule has 0 saturated carbocycles. The molecule has 1 aromatic carbocycles. The van der Waals surface area contributed by atoms with Gasteiger partial charge in [0.05, 0.1) is 11.9 Å². The topological polar surface area (TPSA) is 114 Å². The number of hydrogen-bond acceptors (Lipinski definition) is 6. The van der Waals surface area contributed by atoms with Crippen molar-refractivity contribution >= 4 is 11.6 Å². The van der Waals surface area contributed by atoms with E-state index in [1.165, 1.54) is 6.20 Å². The Kier molecular flexibility index (Phi) is 2.92. The van der Waals surface area contributed by atoms with Crippen LogP contribution < -0.4 is 5.32 Å². The monoisotopic (exact) mass is 270 g/mol. The van der Waals surface area contributed by atoms with Gasteiger partial charge in [-0.25, -0.2) is 0 Å². The smallest absolute Gasteiger partial charge is 0.277 e. The third-order valence-corrected chi connectivity index (χ3v) is 2.62. The van der Waals surface area contributed by atoms with E-state index in [4.69, 9.17) is 0 Å². The van der Waals surface area contributed by atoms with E-state index in [-0.39, 0.29) is 11.6 Å². The Hall–Kier alpha value is -3.10. The van der Waals surface area contributed by atoms with Crippen LogP contribution in [0.4, 0.5) is 5.69 Å². The molecule has 0 unspecified atom stereocenters. The van der Waals surface area contributed by atoms with Crippen LogP contribution in [-0.4, -0.2) is 41.5 Å². The van der Waals surface area contributed by atoms with Crippen LogP contribution >= 0.6 is 0 Å². The second-order valence-corrected chi connectivity index (χ2v) is 4.00. The number of amides is 1. The van der Waals surface area contributed by atoms with Crippen LogP contribution in [0.3, 0.4) is 0 Å². The maximum absolute atomic E-state index is 11.9. The summed E-state index contributed by atoms with van der Waals surface area (Å²) in [4.78, 5) is 11.9. The van der Waals surface area contributed by atoms with Gasteiger partial charge in [-0.2, -0.15) is 20.1 Å². The van der Waals surface area contributed by atoms with Crippen molar-refractivity contribution in [1.82, 2.24) is 35.6 Å². The molecule has 0 fully saturated rings. The predicted molar refractivity (Wildman–Crippen MR) is 68.2 cm³/mol. The van der Waals surface area contributed by atoms with Gasteiger partial charge in [0, 0.05) is 5.69 Å². The Labute approximate surface area is 113 Å². The summed E-state index contributed by atoms with van der Waals surface area (Å²) < 4.78 is 1.58. The van der Waals surface area contributed by atoms with Crippen molar-refractivity contribution in [3.05, 3.63) is 42.0 Å². The van der Waals surface area contributed by atoms with E-state index in [2.05, 4.69) is 36.3 Å². The molecule has 0 saturated heterocycles. The largest absolute Gasteiger partial charge is 0.320 e. The van der Waals surface area contributed by atoms with E-state index >= 15 is 0 Å². The highest BCUT2D eigenvalue weighted by atomic mass is 16.2. The van der Waals surface area contributed by atoms with Crippen LogP contribution in [-0.2, 0) is 0 Å². The fourth-order valence-corrected chi connectivity index (χ4v) is 1.69. The van der Waals surface area contributed by atoms with E-state index in [0.717, 1.165) is 5.69 Å². The number of aromatic nitrogens is 7. The number of aryl methyl sites for hydroxylation is 1. The summed E-state index contributed by atoms with van der Waals surface area (Å²) in [6.07, 6.45) is 1.35. The van der Waals surface area contributed by atoms with Gasteiger partial charge in [0.2, 0.25) is 0 Å². The first kappa shape index (κ1) is 12.0. The number of aromatic amines is 1. The lowest BCUT2D eigenvalue weighted by Crippen LogP contribution is -2.12. The van der Waals surface area contributed by atoms with Crippen molar-refractivity contribution in [2.24, 2.45) is 0 Å². The predicted octanol–water partition coefficient (Wildman–Crippen LogP) is 0.341. The zero-order valence-corrected chi connectivity index (χ0v) is 10.5. The minimum absolute atomic E-state index is 0.217. The summed E-state index contributed by atoms with van der Waals surface area (Å²) in [5.41, 5.74) is 1.59. The van der Waals surface area contributed by atoms with Crippen molar-refractivity contribution in [3.8, 4) is 5.69 Å². The Bertz CT molecular complexity index is 732. The second-order valence-electron chi connectivity index (χ2n) is 4.00. The number of carbonyl (C=O) groups excluding carboxylic acids is 1. The number of anilines is 1. The first-order valence-corrected chi connectivity index (χ1v) is 5.76. The molecule has 3 aromatic rings. The number of nitrogens with zero attached hydrogens (tertiary/aromatic N) is 6. The van der Waals surface area contributed by atoms with Gasteiger partial charge in [0.25, 0.3) is 5.91 Å². The molecule has 0 atom stereocenters. The number of H-pyrrole nitrogens is 1. The zero-order valence-electron chi connectivity index (χ0n) is 10.5. The number of hydrogen-bond donors (Lipinski definition) is 2. The number of rotatable bonds is 3. The Balaban J connectivity index is 1.85. The normalized spacial score (nSPS) is 10.4. The van der Waals surface area contributed by atoms with E-state index in [1.54, 1.807) is 29.8 Å². The second kappa shape index (κ2) is 4.88. The van der Waals surface area contributed by atoms with Gasteiger partial charge in [0.1, 0.15) is 0 Å². The number of benzene rings is 1. The van der Waals surface area contributed by atoms with Gasteiger partial charge >= 0.3 is 0 Å². The molecule has 20 heavy (non-hydrogen) atoms. The maximum Gasteiger partial charge on any atom is 0.277 e. The van der Waals surface area contributed by atoms with Crippen LogP contribution in [0.2, 0.25) is 0 Å². The van der Waals surface area contributed by atoms with E-state index in [1.807, 2.05) is 6.07 Å². The molecule has 0 aliphatic carbocycles. The summed E-state index contributed by atoms with van der Waals surface area (Å²) in [5.74, 6) is 0.314. The van der Waals surface area contributed by atoms with Gasteiger partial charge in [0.15, 0.2) is 11.5 Å². The van der Waals surface area contributed by atoms with Gasteiger partial charge in [-0.05, 0) is 35.5 Å². The van der Waals surface area contributed by atoms with Crippen molar-refractivity contribution in [2.45, 2.75) is 6.92 Å². The minimum atomic E-state index is -0.343. The molecule has 9 heteroatoms. The molecule has 0 aliphatic heterocycles. The van der Waals surface area contributed by atoms with Crippen molar-refractivity contribution in [2.75, 3.05) is 5.32 Å². The van der Waals surface area contributed by atoms with E-state index in [0.29, 0.717) is 11.5 Å². The molecule has 100 valence electrons. The molecular formula is C11H10N8O. The minimum Gasteiger partial charge on any atom is -0.320 e. The van der Waals surface area contributed by atoms with Crippen LogP contribution in [0.25, 0.3) is 5.69 Å². The third-order valence-electron chi connectivity index (χ3n) is 2.62. The maximum atomic E-state index is 11.9. The Morgan fingerprint density at radius 1 is 1.40 bits per heavy atom. The molecule has 0 bridgehead atoms. The summed E-state index contributed by atoms with van der Waals surface area (Å²) in [6, 6.07) is 7.17. The number of nitrogens with one attached hydrogen (secondary N) is 2. The molecule has 2 N–H and O–H groups in total. The van der Waals surface area contributed by atoms with Crippen LogP contribution in [0.5, 0.6) is 0 Å². The quantitative estimate of drug-likeness (QED) is 0.709. The first-order chi connectivity index (χ1) is 9.74. The van der Waals surface area contributed by atoms with Gasteiger partial charge in [-0.3, -0.25) is 4.79 Å². The molecule has 1 amide bonds. The lowest BCUT2D eigenvalue weighted by Gasteiger charge is -2.06. The fraction of sp³-hybridized carbons (Fsp3) is 0.0909. The van der Waals surface area contributed by atoms with E-state index < -0.39 is 0 Å². The Morgan fingerprint density at radius 2 is 2.30 bits per heavy atom. The van der Waals surface area contributed by atoms with Crippen molar-refractivity contribution in [1.29, 1.82) is 0 Å². The lowest BCUT2D eigenvalue weighted by molar-refractivity contribution is 0.102. The highest BCUT2D eigenvalue weighted by Gasteiger charge is 2.10. The number of carbonyl (C=O) groups is 1. The van der Waals surface area contributed by atoms with Gasteiger partial charge in [-0.1, -0.05) is 6.07 Å². The first-order valence-electron chi connectivity index (χ1n) is 5.76. The molecule has 2 heterocycles. The zero-order chi connectivity index (χ0) is 13.9. The molecule has 0 radical (unpaired) electrons. The summed E-state index contributed by atoms with van der Waals surface area (Å²) in [5, 5.41) is 23.7. The molecule has 3 rings (SSSR count). The standard InChI is InChI=1S/C11H10N8O/c1-7-14-17-18-19(7)9-4-2-3-8(5-9)13-11(20)10-6-12-16-15-10/h2-6H,1H3,(H,13,20)(H,12,15,16). The molecular weight excluding hydrogens is 260 g/mol. The third kappa shape index (κ3) is 2.23. The average Bonchev–Trinajstić information content (AvgIpc) is 3.10. The average molecular weight is 270 g/mol. The highest BCUT2D eigenvalue weighted by Crippen LogP contribution is 2.15. The fourth-order valence-electron chi connectivity index (χ4n) is 1.69. The van der Waals surface area contributed by atoms with Gasteiger partial charge < -0.3 is 5.32 Å².